The molecule has 0 heterocycles. The predicted octanol–water partition coefficient (Wildman–Crippen LogP) is -1.95. The molecule has 0 saturated carbocycles. The van der Waals surface area contributed by atoms with Gasteiger partial charge in [0.25, 0.3) is 0 Å². The van der Waals surface area contributed by atoms with Crippen LogP contribution >= 0.6 is 0 Å². The highest BCUT2D eigenvalue weighted by Gasteiger charge is 2.40. The van der Waals surface area contributed by atoms with Crippen LogP contribution in [-0.2, 0) is 14.4 Å². The van der Waals surface area contributed by atoms with Gasteiger partial charge < -0.3 is 31.9 Å². The summed E-state index contributed by atoms with van der Waals surface area (Å²) in [6.45, 7) is 1.44. The lowest BCUT2D eigenvalue weighted by molar-refractivity contribution is -0.170. The molecule has 0 bridgehead atoms. The van der Waals surface area contributed by atoms with Gasteiger partial charge in [0.15, 0.2) is 5.60 Å². The molecule has 0 aromatic heterocycles. The van der Waals surface area contributed by atoms with Gasteiger partial charge in [-0.3, -0.25) is 9.59 Å². The van der Waals surface area contributed by atoms with Crippen LogP contribution in [0.1, 0.15) is 19.3 Å². The van der Waals surface area contributed by atoms with E-state index in [0.717, 1.165) is 19.5 Å². The topological polar surface area (TPSA) is 184 Å². The van der Waals surface area contributed by atoms with Gasteiger partial charge in [-0.2, -0.15) is 0 Å². The summed E-state index contributed by atoms with van der Waals surface area (Å²) >= 11 is 0. The second-order valence-electron chi connectivity index (χ2n) is 3.41. The Morgan fingerprint density at radius 1 is 0.889 bits per heavy atom. The number of aliphatic carboxylic acids is 3. The third-order valence-corrected chi connectivity index (χ3v) is 1.69. The lowest BCUT2D eigenvalue weighted by atomic mass is 9.96. The standard InChI is InChI=1S/C6H8O7.C3H10N2/c7-3(8)1-6(13,5(11)12)2-4(9)10;4-2-1-3-5/h13H,1-2H2,(H,7,8)(H,9,10)(H,11,12);1-5H2. The minimum absolute atomic E-state index is 0.719. The van der Waals surface area contributed by atoms with Crippen LogP contribution < -0.4 is 11.5 Å². The molecule has 0 atom stereocenters. The van der Waals surface area contributed by atoms with Gasteiger partial charge in [-0.1, -0.05) is 0 Å². The zero-order valence-electron chi connectivity index (χ0n) is 9.70. The van der Waals surface area contributed by atoms with E-state index in [-0.39, 0.29) is 0 Å². The van der Waals surface area contributed by atoms with Gasteiger partial charge in [0.2, 0.25) is 0 Å². The van der Waals surface area contributed by atoms with Gasteiger partial charge in [-0.05, 0) is 19.5 Å². The monoisotopic (exact) mass is 266 g/mol. The fourth-order valence-corrected chi connectivity index (χ4v) is 0.832. The first-order valence-electron chi connectivity index (χ1n) is 4.99. The van der Waals surface area contributed by atoms with Crippen LogP contribution in [0.15, 0.2) is 0 Å². The highest BCUT2D eigenvalue weighted by Crippen LogP contribution is 2.15. The zero-order chi connectivity index (χ0) is 14.8. The Bertz CT molecular complexity index is 275. The van der Waals surface area contributed by atoms with Crippen molar-refractivity contribution in [3.63, 3.8) is 0 Å². The molecule has 0 radical (unpaired) electrons. The molecule has 0 aromatic rings. The third kappa shape index (κ3) is 9.51. The second-order valence-corrected chi connectivity index (χ2v) is 3.41. The molecule has 0 aliphatic rings. The van der Waals surface area contributed by atoms with Crippen molar-refractivity contribution >= 4 is 17.9 Å². The maximum absolute atomic E-state index is 10.3. The summed E-state index contributed by atoms with van der Waals surface area (Å²) in [6.07, 6.45) is -1.34. The second kappa shape index (κ2) is 9.33. The summed E-state index contributed by atoms with van der Waals surface area (Å²) in [6, 6.07) is 0. The maximum atomic E-state index is 10.3. The SMILES string of the molecule is NCCCN.O=C(O)CC(O)(CC(=O)O)C(=O)O. The van der Waals surface area contributed by atoms with Gasteiger partial charge in [0, 0.05) is 0 Å². The number of rotatable bonds is 7. The first-order chi connectivity index (χ1) is 8.19. The molecule has 0 aliphatic carbocycles. The first-order valence-corrected chi connectivity index (χ1v) is 4.99. The van der Waals surface area contributed by atoms with Crippen molar-refractivity contribution in [2.45, 2.75) is 24.9 Å². The molecular formula is C9H18N2O7. The van der Waals surface area contributed by atoms with E-state index in [1.54, 1.807) is 0 Å². The lowest BCUT2D eigenvalue weighted by Crippen LogP contribution is -2.42. The van der Waals surface area contributed by atoms with E-state index in [1.165, 1.54) is 0 Å². The summed E-state index contributed by atoms with van der Waals surface area (Å²) in [5, 5.41) is 33.8. The molecule has 0 saturated heterocycles. The quantitative estimate of drug-likeness (QED) is 0.304. The highest BCUT2D eigenvalue weighted by atomic mass is 16.4. The summed E-state index contributed by atoms with van der Waals surface area (Å²) in [7, 11) is 0. The van der Waals surface area contributed by atoms with Crippen molar-refractivity contribution in [2.24, 2.45) is 11.5 Å². The van der Waals surface area contributed by atoms with Crippen LogP contribution in [0.3, 0.4) is 0 Å². The van der Waals surface area contributed by atoms with Crippen molar-refractivity contribution in [1.29, 1.82) is 0 Å². The Hall–Kier alpha value is -1.71. The maximum Gasteiger partial charge on any atom is 0.336 e. The molecule has 18 heavy (non-hydrogen) atoms. The third-order valence-electron chi connectivity index (χ3n) is 1.69. The average molecular weight is 266 g/mol. The van der Waals surface area contributed by atoms with E-state index in [4.69, 9.17) is 31.9 Å². The summed E-state index contributed by atoms with van der Waals surface area (Å²) in [5.74, 6) is -5.02. The molecule has 0 spiro atoms. The minimum Gasteiger partial charge on any atom is -0.481 e. The lowest BCUT2D eigenvalue weighted by Gasteiger charge is -2.18. The minimum atomic E-state index is -2.74. The van der Waals surface area contributed by atoms with Gasteiger partial charge in [0.1, 0.15) is 0 Å². The number of carboxylic acid groups (broad SMARTS) is 3. The van der Waals surface area contributed by atoms with Crippen molar-refractivity contribution < 1.29 is 34.8 Å². The van der Waals surface area contributed by atoms with Gasteiger partial charge in [-0.15, -0.1) is 0 Å². The van der Waals surface area contributed by atoms with E-state index >= 15 is 0 Å². The Kier molecular flexibility index (Phi) is 9.67. The molecule has 9 heteroatoms. The number of carbonyl (C=O) groups is 3. The Morgan fingerprint density at radius 3 is 1.33 bits per heavy atom. The van der Waals surface area contributed by atoms with E-state index in [1.807, 2.05) is 0 Å². The average Bonchev–Trinajstić information content (AvgIpc) is 2.16. The van der Waals surface area contributed by atoms with E-state index in [9.17, 15) is 14.4 Å². The molecule has 0 unspecified atom stereocenters. The Morgan fingerprint density at radius 2 is 1.22 bits per heavy atom. The van der Waals surface area contributed by atoms with Crippen LogP contribution in [0.4, 0.5) is 0 Å². The number of hydrogen-bond donors (Lipinski definition) is 6. The van der Waals surface area contributed by atoms with Gasteiger partial charge >= 0.3 is 17.9 Å². The van der Waals surface area contributed by atoms with Crippen LogP contribution in [0, 0.1) is 0 Å². The molecule has 0 fully saturated rings. The van der Waals surface area contributed by atoms with Gasteiger partial charge in [0.05, 0.1) is 12.8 Å². The van der Waals surface area contributed by atoms with Crippen LogP contribution in [0.25, 0.3) is 0 Å². The number of carboxylic acids is 3. The molecule has 9 nitrogen and oxygen atoms in total. The van der Waals surface area contributed by atoms with Crippen LogP contribution in [0.2, 0.25) is 0 Å². The van der Waals surface area contributed by atoms with Crippen molar-refractivity contribution in [3.05, 3.63) is 0 Å². The van der Waals surface area contributed by atoms with Crippen LogP contribution in [-0.4, -0.2) is 57.0 Å². The normalized spacial score (nSPS) is 10.2. The smallest absolute Gasteiger partial charge is 0.336 e. The Balaban J connectivity index is 0. The summed E-state index contributed by atoms with van der Waals surface area (Å²) in [5.41, 5.74) is 7.38. The van der Waals surface area contributed by atoms with E-state index in [0.29, 0.717) is 0 Å². The fourth-order valence-electron chi connectivity index (χ4n) is 0.832. The molecule has 8 N–H and O–H groups in total. The number of nitrogens with two attached hydrogens (primary N) is 2. The van der Waals surface area contributed by atoms with Crippen molar-refractivity contribution in [3.8, 4) is 0 Å². The number of hydrogen-bond acceptors (Lipinski definition) is 6. The molecular weight excluding hydrogens is 248 g/mol. The zero-order valence-corrected chi connectivity index (χ0v) is 9.70. The first kappa shape index (κ1) is 18.6. The molecule has 0 aromatic carbocycles. The fraction of sp³-hybridized carbons (Fsp3) is 0.667. The number of aliphatic hydroxyl groups is 1. The molecule has 0 rings (SSSR count). The summed E-state index contributed by atoms with van der Waals surface area (Å²) in [4.78, 5) is 30.5. The largest absolute Gasteiger partial charge is 0.481 e. The molecule has 106 valence electrons. The van der Waals surface area contributed by atoms with Crippen LogP contribution in [0.5, 0.6) is 0 Å². The van der Waals surface area contributed by atoms with Gasteiger partial charge in [-0.25, -0.2) is 4.79 Å². The highest BCUT2D eigenvalue weighted by molar-refractivity contribution is 5.88. The van der Waals surface area contributed by atoms with Crippen molar-refractivity contribution in [2.75, 3.05) is 13.1 Å². The predicted molar refractivity (Wildman–Crippen MR) is 59.8 cm³/mol. The van der Waals surface area contributed by atoms with Crippen molar-refractivity contribution in [1.82, 2.24) is 0 Å². The Labute approximate surface area is 103 Å². The molecule has 0 amide bonds. The van der Waals surface area contributed by atoms with E-state index < -0.39 is 36.4 Å². The molecule has 0 aliphatic heterocycles. The summed E-state index contributed by atoms with van der Waals surface area (Å²) < 4.78 is 0. The van der Waals surface area contributed by atoms with E-state index in [2.05, 4.69) is 0 Å².